The van der Waals surface area contributed by atoms with Crippen LogP contribution in [-0.4, -0.2) is 60.5 Å². The molecule has 16 heavy (non-hydrogen) atoms. The van der Waals surface area contributed by atoms with Gasteiger partial charge in [-0.15, -0.1) is 0 Å². The van der Waals surface area contributed by atoms with Crippen molar-refractivity contribution in [1.29, 1.82) is 0 Å². The van der Waals surface area contributed by atoms with E-state index in [0.29, 0.717) is 12.6 Å². The number of nitrogens with two attached hydrogens (primary N) is 2. The number of fused-ring (bicyclic) bond motifs is 2. The fraction of sp³-hybridized carbons (Fsp3) is 0.909. The molecule has 1 amide bonds. The molecule has 5 nitrogen and oxygen atoms in total. The van der Waals surface area contributed by atoms with Crippen LogP contribution in [0.1, 0.15) is 19.3 Å². The number of hydrogen-bond donors (Lipinski definition) is 2. The Kier molecular flexibility index (Phi) is 3.47. The van der Waals surface area contributed by atoms with Crippen molar-refractivity contribution in [2.75, 3.05) is 26.7 Å². The van der Waals surface area contributed by atoms with Gasteiger partial charge in [0, 0.05) is 25.2 Å². The lowest BCUT2D eigenvalue weighted by Gasteiger charge is -2.26. The fourth-order valence-corrected chi connectivity index (χ4v) is 2.91. The van der Waals surface area contributed by atoms with Gasteiger partial charge in [-0.05, 0) is 32.9 Å². The van der Waals surface area contributed by atoms with Crippen LogP contribution < -0.4 is 11.5 Å². The Morgan fingerprint density at radius 3 is 2.75 bits per heavy atom. The number of carbonyl (C=O) groups excluding carboxylic acids is 1. The van der Waals surface area contributed by atoms with Gasteiger partial charge in [0.25, 0.3) is 0 Å². The Morgan fingerprint density at radius 1 is 1.38 bits per heavy atom. The third-order valence-electron chi connectivity index (χ3n) is 4.05. The summed E-state index contributed by atoms with van der Waals surface area (Å²) < 4.78 is 0. The molecule has 4 N–H and O–H groups in total. The van der Waals surface area contributed by atoms with Crippen LogP contribution in [0.15, 0.2) is 0 Å². The summed E-state index contributed by atoms with van der Waals surface area (Å²) in [5.41, 5.74) is 10.9. The molecule has 2 aliphatic heterocycles. The van der Waals surface area contributed by atoms with E-state index in [1.807, 2.05) is 0 Å². The molecule has 2 saturated heterocycles. The SMILES string of the molecule is CN1C2CCC1CN(CC(N)C(N)=O)CC2. The number of primary amides is 1. The summed E-state index contributed by atoms with van der Waals surface area (Å²) in [6.07, 6.45) is 3.76. The Morgan fingerprint density at radius 2 is 2.06 bits per heavy atom. The molecule has 5 heteroatoms. The van der Waals surface area contributed by atoms with Crippen molar-refractivity contribution in [3.05, 3.63) is 0 Å². The standard InChI is InChI=1S/C11H22N4O/c1-14-8-2-3-9(14)6-15(5-4-8)7-10(12)11(13)16/h8-10H,2-7,12H2,1H3,(H2,13,16). The molecule has 2 heterocycles. The maximum Gasteiger partial charge on any atom is 0.235 e. The molecule has 3 atom stereocenters. The monoisotopic (exact) mass is 226 g/mol. The lowest BCUT2D eigenvalue weighted by atomic mass is 10.1. The molecular formula is C11H22N4O. The van der Waals surface area contributed by atoms with Gasteiger partial charge in [-0.1, -0.05) is 0 Å². The van der Waals surface area contributed by atoms with Crippen molar-refractivity contribution < 1.29 is 4.79 Å². The van der Waals surface area contributed by atoms with Crippen LogP contribution in [-0.2, 0) is 4.79 Å². The number of carbonyl (C=O) groups is 1. The third-order valence-corrected chi connectivity index (χ3v) is 4.05. The molecule has 2 aliphatic rings. The van der Waals surface area contributed by atoms with Crippen LogP contribution in [0.25, 0.3) is 0 Å². The molecule has 0 aliphatic carbocycles. The van der Waals surface area contributed by atoms with Crippen LogP contribution in [0, 0.1) is 0 Å². The minimum Gasteiger partial charge on any atom is -0.368 e. The predicted molar refractivity (Wildman–Crippen MR) is 62.8 cm³/mol. The van der Waals surface area contributed by atoms with Crippen molar-refractivity contribution in [1.82, 2.24) is 9.80 Å². The van der Waals surface area contributed by atoms with E-state index in [1.54, 1.807) is 0 Å². The topological polar surface area (TPSA) is 75.6 Å². The van der Waals surface area contributed by atoms with Gasteiger partial charge in [0.05, 0.1) is 6.04 Å². The van der Waals surface area contributed by atoms with E-state index in [2.05, 4.69) is 16.8 Å². The summed E-state index contributed by atoms with van der Waals surface area (Å²) in [7, 11) is 2.21. The highest BCUT2D eigenvalue weighted by atomic mass is 16.1. The molecule has 2 rings (SSSR count). The number of likely N-dealkylation sites (N-methyl/N-ethyl adjacent to an activating group) is 1. The first-order valence-corrected chi connectivity index (χ1v) is 6.07. The molecule has 0 aromatic rings. The average molecular weight is 226 g/mol. The van der Waals surface area contributed by atoms with E-state index < -0.39 is 11.9 Å². The Bertz CT molecular complexity index is 271. The van der Waals surface area contributed by atoms with Crippen molar-refractivity contribution in [2.24, 2.45) is 11.5 Å². The van der Waals surface area contributed by atoms with E-state index in [0.717, 1.165) is 19.1 Å². The van der Waals surface area contributed by atoms with Crippen LogP contribution in [0.5, 0.6) is 0 Å². The highest BCUT2D eigenvalue weighted by Crippen LogP contribution is 2.28. The van der Waals surface area contributed by atoms with Gasteiger partial charge in [-0.25, -0.2) is 0 Å². The van der Waals surface area contributed by atoms with Gasteiger partial charge < -0.3 is 11.5 Å². The first-order chi connectivity index (χ1) is 7.58. The highest BCUT2D eigenvalue weighted by Gasteiger charge is 2.34. The van der Waals surface area contributed by atoms with Crippen LogP contribution >= 0.6 is 0 Å². The average Bonchev–Trinajstić information content (AvgIpc) is 2.46. The van der Waals surface area contributed by atoms with Crippen molar-refractivity contribution in [3.63, 3.8) is 0 Å². The highest BCUT2D eigenvalue weighted by molar-refractivity contribution is 5.79. The molecular weight excluding hydrogens is 204 g/mol. The van der Waals surface area contributed by atoms with E-state index >= 15 is 0 Å². The van der Waals surface area contributed by atoms with Gasteiger partial charge >= 0.3 is 0 Å². The summed E-state index contributed by atoms with van der Waals surface area (Å²) in [5.74, 6) is -0.400. The maximum absolute atomic E-state index is 10.9. The zero-order valence-electron chi connectivity index (χ0n) is 9.93. The lowest BCUT2D eigenvalue weighted by Crippen LogP contribution is -2.48. The van der Waals surface area contributed by atoms with Gasteiger partial charge in [0.15, 0.2) is 0 Å². The number of likely N-dealkylation sites (tertiary alicyclic amines) is 1. The first-order valence-electron chi connectivity index (χ1n) is 6.07. The zero-order chi connectivity index (χ0) is 11.7. The van der Waals surface area contributed by atoms with E-state index in [-0.39, 0.29) is 0 Å². The molecule has 92 valence electrons. The molecule has 0 aromatic carbocycles. The van der Waals surface area contributed by atoms with E-state index in [9.17, 15) is 4.79 Å². The largest absolute Gasteiger partial charge is 0.368 e. The zero-order valence-corrected chi connectivity index (χ0v) is 9.93. The van der Waals surface area contributed by atoms with E-state index in [1.165, 1.54) is 19.3 Å². The molecule has 0 radical (unpaired) electrons. The minimum atomic E-state index is -0.526. The summed E-state index contributed by atoms with van der Waals surface area (Å²) in [4.78, 5) is 15.7. The Labute approximate surface area is 96.7 Å². The Balaban J connectivity index is 1.91. The summed E-state index contributed by atoms with van der Waals surface area (Å²) in [6.45, 7) is 2.66. The van der Waals surface area contributed by atoms with Gasteiger partial charge in [0.1, 0.15) is 0 Å². The second kappa shape index (κ2) is 4.69. The summed E-state index contributed by atoms with van der Waals surface area (Å²) in [5, 5.41) is 0. The number of hydrogen-bond acceptors (Lipinski definition) is 4. The quantitative estimate of drug-likeness (QED) is 0.645. The Hall–Kier alpha value is -0.650. The molecule has 0 saturated carbocycles. The van der Waals surface area contributed by atoms with Gasteiger partial charge in [0.2, 0.25) is 5.91 Å². The summed E-state index contributed by atoms with van der Waals surface area (Å²) >= 11 is 0. The second-order valence-electron chi connectivity index (χ2n) is 5.11. The number of rotatable bonds is 3. The molecule has 2 bridgehead atoms. The molecule has 0 spiro atoms. The lowest BCUT2D eigenvalue weighted by molar-refractivity contribution is -0.119. The van der Waals surface area contributed by atoms with Gasteiger partial charge in [-0.3, -0.25) is 14.6 Å². The smallest absolute Gasteiger partial charge is 0.235 e. The van der Waals surface area contributed by atoms with Crippen molar-refractivity contribution >= 4 is 5.91 Å². The molecule has 2 fully saturated rings. The van der Waals surface area contributed by atoms with Crippen LogP contribution in [0.2, 0.25) is 0 Å². The second-order valence-corrected chi connectivity index (χ2v) is 5.11. The van der Waals surface area contributed by atoms with E-state index in [4.69, 9.17) is 11.5 Å². The van der Waals surface area contributed by atoms with Crippen LogP contribution in [0.3, 0.4) is 0 Å². The predicted octanol–water partition coefficient (Wildman–Crippen LogP) is -1.03. The van der Waals surface area contributed by atoms with Crippen molar-refractivity contribution in [2.45, 2.75) is 37.4 Å². The molecule has 0 aromatic heterocycles. The first kappa shape index (κ1) is 11.8. The molecule has 3 unspecified atom stereocenters. The number of nitrogens with zero attached hydrogens (tertiary/aromatic N) is 2. The number of amides is 1. The maximum atomic E-state index is 10.9. The minimum absolute atomic E-state index is 0.400. The van der Waals surface area contributed by atoms with Crippen molar-refractivity contribution in [3.8, 4) is 0 Å². The normalized spacial score (nSPS) is 33.6. The van der Waals surface area contributed by atoms with Crippen LogP contribution in [0.4, 0.5) is 0 Å². The third kappa shape index (κ3) is 2.36. The summed E-state index contributed by atoms with van der Waals surface area (Å²) in [6, 6.07) is 0.828. The van der Waals surface area contributed by atoms with Gasteiger partial charge in [-0.2, -0.15) is 0 Å². The fourth-order valence-electron chi connectivity index (χ4n) is 2.91.